The number of ether oxygens (including phenoxy) is 2. The lowest BCUT2D eigenvalue weighted by molar-refractivity contribution is -0.650. The lowest BCUT2D eigenvalue weighted by atomic mass is 10.2. The number of hydrogen-bond donors (Lipinski definition) is 2. The van der Waals surface area contributed by atoms with E-state index in [1.54, 1.807) is 0 Å². The number of nitrogens with two attached hydrogens (primary N) is 1. The highest BCUT2D eigenvalue weighted by Gasteiger charge is 2.19. The molecule has 2 rings (SSSR count). The van der Waals surface area contributed by atoms with Crippen molar-refractivity contribution in [2.24, 2.45) is 0 Å². The standard InChI is InChI=1S/C12H22N2O3/c15-12(14-8-11-4-2-6-17-11)9-13-7-10-3-1-5-16-10/h10-11,13H,1-9H2,(H,14,15)/p+1/t10-,11-/m0/s1. The van der Waals surface area contributed by atoms with E-state index in [-0.39, 0.29) is 12.0 Å². The highest BCUT2D eigenvalue weighted by Crippen LogP contribution is 2.10. The van der Waals surface area contributed by atoms with Crippen LogP contribution in [0.1, 0.15) is 25.7 Å². The van der Waals surface area contributed by atoms with E-state index in [1.165, 1.54) is 0 Å². The highest BCUT2D eigenvalue weighted by molar-refractivity contribution is 5.76. The number of carbonyl (C=O) groups excluding carboxylic acids is 1. The molecule has 2 saturated heterocycles. The third-order valence-corrected chi connectivity index (χ3v) is 3.33. The lowest BCUT2D eigenvalue weighted by Crippen LogP contribution is -2.88. The molecule has 0 radical (unpaired) electrons. The van der Waals surface area contributed by atoms with Gasteiger partial charge >= 0.3 is 0 Å². The SMILES string of the molecule is O=C(C[NH2+]C[C@@H]1CCCO1)NC[C@@H]1CCCO1. The smallest absolute Gasteiger partial charge is 0.275 e. The predicted molar refractivity (Wildman–Crippen MR) is 62.6 cm³/mol. The molecule has 17 heavy (non-hydrogen) atoms. The molecule has 2 atom stereocenters. The largest absolute Gasteiger partial charge is 0.376 e. The first-order valence-corrected chi connectivity index (χ1v) is 6.66. The summed E-state index contributed by atoms with van der Waals surface area (Å²) in [7, 11) is 0. The van der Waals surface area contributed by atoms with Gasteiger partial charge in [0, 0.05) is 19.8 Å². The number of amides is 1. The summed E-state index contributed by atoms with van der Waals surface area (Å²) in [5.74, 6) is 0.0958. The fourth-order valence-corrected chi connectivity index (χ4v) is 2.34. The van der Waals surface area contributed by atoms with E-state index in [0.29, 0.717) is 19.2 Å². The summed E-state index contributed by atoms with van der Waals surface area (Å²) in [4.78, 5) is 11.5. The van der Waals surface area contributed by atoms with Crippen LogP contribution in [0.15, 0.2) is 0 Å². The maximum absolute atomic E-state index is 11.5. The molecule has 1 amide bonds. The number of hydrogen-bond acceptors (Lipinski definition) is 3. The van der Waals surface area contributed by atoms with Crippen LogP contribution in [0, 0.1) is 0 Å². The van der Waals surface area contributed by atoms with E-state index in [4.69, 9.17) is 9.47 Å². The van der Waals surface area contributed by atoms with Crippen LogP contribution in [0.4, 0.5) is 0 Å². The predicted octanol–water partition coefficient (Wildman–Crippen LogP) is -0.976. The monoisotopic (exact) mass is 243 g/mol. The van der Waals surface area contributed by atoms with Crippen molar-refractivity contribution < 1.29 is 19.6 Å². The van der Waals surface area contributed by atoms with Gasteiger partial charge in [0.05, 0.1) is 6.10 Å². The van der Waals surface area contributed by atoms with E-state index in [0.717, 1.165) is 45.4 Å². The first-order valence-electron chi connectivity index (χ1n) is 6.66. The van der Waals surface area contributed by atoms with E-state index in [1.807, 2.05) is 5.32 Å². The fraction of sp³-hybridized carbons (Fsp3) is 0.917. The Labute approximate surface area is 102 Å². The third kappa shape index (κ3) is 4.61. The summed E-state index contributed by atoms with van der Waals surface area (Å²) in [5, 5.41) is 4.94. The van der Waals surface area contributed by atoms with Crippen LogP contribution in [0.2, 0.25) is 0 Å². The molecule has 0 aromatic rings. The van der Waals surface area contributed by atoms with Crippen LogP contribution in [0.5, 0.6) is 0 Å². The van der Waals surface area contributed by atoms with Gasteiger partial charge in [-0.3, -0.25) is 4.79 Å². The Kier molecular flexibility index (Phi) is 5.22. The van der Waals surface area contributed by atoms with Crippen LogP contribution in [-0.4, -0.2) is 51.0 Å². The summed E-state index contributed by atoms with van der Waals surface area (Å²) in [6.45, 7) is 3.77. The molecule has 0 spiro atoms. The minimum atomic E-state index is 0.0958. The van der Waals surface area contributed by atoms with E-state index >= 15 is 0 Å². The Bertz CT molecular complexity index is 236. The fourth-order valence-electron chi connectivity index (χ4n) is 2.34. The maximum atomic E-state index is 11.5. The number of carbonyl (C=O) groups is 1. The molecule has 98 valence electrons. The van der Waals surface area contributed by atoms with Crippen molar-refractivity contribution in [3.8, 4) is 0 Å². The molecule has 2 aliphatic heterocycles. The van der Waals surface area contributed by atoms with Gasteiger partial charge < -0.3 is 20.1 Å². The van der Waals surface area contributed by atoms with Gasteiger partial charge in [-0.1, -0.05) is 0 Å². The molecule has 2 heterocycles. The van der Waals surface area contributed by atoms with Crippen molar-refractivity contribution >= 4 is 5.91 Å². The van der Waals surface area contributed by atoms with Crippen LogP contribution in [-0.2, 0) is 14.3 Å². The van der Waals surface area contributed by atoms with Crippen LogP contribution in [0.25, 0.3) is 0 Å². The van der Waals surface area contributed by atoms with Crippen molar-refractivity contribution in [3.05, 3.63) is 0 Å². The van der Waals surface area contributed by atoms with Crippen LogP contribution >= 0.6 is 0 Å². The Morgan fingerprint density at radius 1 is 1.18 bits per heavy atom. The molecule has 0 aromatic carbocycles. The second-order valence-electron chi connectivity index (χ2n) is 4.80. The zero-order chi connectivity index (χ0) is 11.9. The molecule has 0 aromatic heterocycles. The van der Waals surface area contributed by atoms with Gasteiger partial charge in [0.25, 0.3) is 5.91 Å². The lowest BCUT2D eigenvalue weighted by Gasteiger charge is -2.11. The highest BCUT2D eigenvalue weighted by atomic mass is 16.5. The van der Waals surface area contributed by atoms with Gasteiger partial charge in [0.2, 0.25) is 0 Å². The van der Waals surface area contributed by atoms with Crippen LogP contribution in [0.3, 0.4) is 0 Å². The van der Waals surface area contributed by atoms with E-state index in [9.17, 15) is 4.79 Å². The number of nitrogens with one attached hydrogen (secondary N) is 1. The molecular weight excluding hydrogens is 220 g/mol. The zero-order valence-corrected chi connectivity index (χ0v) is 10.3. The van der Waals surface area contributed by atoms with Crippen molar-refractivity contribution in [1.82, 2.24) is 5.32 Å². The topological polar surface area (TPSA) is 64.2 Å². The Hall–Kier alpha value is -0.650. The second-order valence-corrected chi connectivity index (χ2v) is 4.80. The Morgan fingerprint density at radius 3 is 2.53 bits per heavy atom. The average molecular weight is 243 g/mol. The zero-order valence-electron chi connectivity index (χ0n) is 10.3. The first kappa shape index (κ1) is 12.8. The Balaban J connectivity index is 1.48. The molecule has 0 saturated carbocycles. The number of rotatable bonds is 6. The summed E-state index contributed by atoms with van der Waals surface area (Å²) in [6.07, 6.45) is 5.06. The minimum absolute atomic E-state index is 0.0958. The molecule has 0 aliphatic carbocycles. The van der Waals surface area contributed by atoms with E-state index < -0.39 is 0 Å². The minimum Gasteiger partial charge on any atom is -0.376 e. The molecule has 0 unspecified atom stereocenters. The number of quaternary nitrogens is 1. The molecule has 5 heteroatoms. The normalized spacial score (nSPS) is 28.5. The molecule has 0 bridgehead atoms. The van der Waals surface area contributed by atoms with Gasteiger partial charge in [-0.05, 0) is 25.7 Å². The molecule has 2 aliphatic rings. The van der Waals surface area contributed by atoms with Gasteiger partial charge in [-0.2, -0.15) is 0 Å². The van der Waals surface area contributed by atoms with Crippen molar-refractivity contribution in [1.29, 1.82) is 0 Å². The second kappa shape index (κ2) is 6.93. The summed E-state index contributed by atoms with van der Waals surface area (Å²) in [5.41, 5.74) is 0. The molecule has 3 N–H and O–H groups in total. The van der Waals surface area contributed by atoms with Crippen molar-refractivity contribution in [2.75, 3.05) is 32.8 Å². The first-order chi connectivity index (χ1) is 8.34. The van der Waals surface area contributed by atoms with Crippen molar-refractivity contribution in [2.45, 2.75) is 37.9 Å². The molecular formula is C12H23N2O3+. The summed E-state index contributed by atoms with van der Waals surface area (Å²) < 4.78 is 10.9. The molecule has 2 fully saturated rings. The van der Waals surface area contributed by atoms with Gasteiger partial charge in [0.1, 0.15) is 12.6 Å². The van der Waals surface area contributed by atoms with Gasteiger partial charge in [-0.25, -0.2) is 0 Å². The van der Waals surface area contributed by atoms with Crippen molar-refractivity contribution in [3.63, 3.8) is 0 Å². The average Bonchev–Trinajstić information content (AvgIpc) is 2.99. The Morgan fingerprint density at radius 2 is 1.88 bits per heavy atom. The third-order valence-electron chi connectivity index (χ3n) is 3.33. The van der Waals surface area contributed by atoms with Gasteiger partial charge in [0.15, 0.2) is 6.54 Å². The van der Waals surface area contributed by atoms with Crippen LogP contribution < -0.4 is 10.6 Å². The van der Waals surface area contributed by atoms with Gasteiger partial charge in [-0.15, -0.1) is 0 Å². The molecule has 5 nitrogen and oxygen atoms in total. The van der Waals surface area contributed by atoms with E-state index in [2.05, 4.69) is 5.32 Å². The summed E-state index contributed by atoms with van der Waals surface area (Å²) >= 11 is 0. The quantitative estimate of drug-likeness (QED) is 0.630. The summed E-state index contributed by atoms with van der Waals surface area (Å²) in [6, 6.07) is 0. The maximum Gasteiger partial charge on any atom is 0.275 e.